The summed E-state index contributed by atoms with van der Waals surface area (Å²) in [7, 11) is 1.74. The summed E-state index contributed by atoms with van der Waals surface area (Å²) in [5, 5.41) is 3.47. The van der Waals surface area contributed by atoms with E-state index in [4.69, 9.17) is 4.74 Å². The second-order valence-electron chi connectivity index (χ2n) is 4.92. The maximum atomic E-state index is 5.08. The Hall–Kier alpha value is -1.03. The molecule has 0 spiro atoms. The van der Waals surface area contributed by atoms with Crippen molar-refractivity contribution in [2.45, 2.75) is 39.2 Å². The Morgan fingerprint density at radius 1 is 1.53 bits per heavy atom. The van der Waals surface area contributed by atoms with Gasteiger partial charge in [0, 0.05) is 33.0 Å². The molecule has 0 radical (unpaired) electrons. The molecule has 4 heteroatoms. The van der Waals surface area contributed by atoms with Crippen LogP contribution < -0.4 is 5.32 Å². The highest BCUT2D eigenvalue weighted by Crippen LogP contribution is 2.26. The van der Waals surface area contributed by atoms with Crippen LogP contribution in [0, 0.1) is 12.8 Å². The third kappa shape index (κ3) is 3.46. The molecule has 0 atom stereocenters. The largest absolute Gasteiger partial charge is 0.385 e. The molecule has 96 valence electrons. The van der Waals surface area contributed by atoms with Crippen LogP contribution in [0.5, 0.6) is 0 Å². The van der Waals surface area contributed by atoms with Gasteiger partial charge < -0.3 is 14.6 Å². The van der Waals surface area contributed by atoms with E-state index in [9.17, 15) is 0 Å². The fraction of sp³-hybridized carbons (Fsp3) is 0.769. The van der Waals surface area contributed by atoms with Crippen molar-refractivity contribution >= 4 is 5.95 Å². The summed E-state index contributed by atoms with van der Waals surface area (Å²) in [4.78, 5) is 4.53. The van der Waals surface area contributed by atoms with E-state index >= 15 is 0 Å². The van der Waals surface area contributed by atoms with Crippen molar-refractivity contribution in [3.8, 4) is 0 Å². The van der Waals surface area contributed by atoms with Gasteiger partial charge >= 0.3 is 0 Å². The molecule has 4 nitrogen and oxygen atoms in total. The number of nitrogens with zero attached hydrogens (tertiary/aromatic N) is 2. The zero-order valence-electron chi connectivity index (χ0n) is 10.9. The maximum Gasteiger partial charge on any atom is 0.203 e. The van der Waals surface area contributed by atoms with Gasteiger partial charge in [0.2, 0.25) is 5.95 Å². The van der Waals surface area contributed by atoms with Crippen LogP contribution >= 0.6 is 0 Å². The number of imidazole rings is 1. The Labute approximate surface area is 103 Å². The van der Waals surface area contributed by atoms with Gasteiger partial charge in [-0.2, -0.15) is 0 Å². The lowest BCUT2D eigenvalue weighted by atomic mass is 9.85. The molecule has 0 unspecified atom stereocenters. The van der Waals surface area contributed by atoms with Crippen molar-refractivity contribution in [1.82, 2.24) is 9.55 Å². The molecule has 1 fully saturated rings. The summed E-state index contributed by atoms with van der Waals surface area (Å²) in [6.45, 7) is 4.89. The van der Waals surface area contributed by atoms with Crippen LogP contribution in [-0.4, -0.2) is 29.8 Å². The van der Waals surface area contributed by atoms with Crippen molar-refractivity contribution < 1.29 is 4.74 Å². The second kappa shape index (κ2) is 6.05. The van der Waals surface area contributed by atoms with Gasteiger partial charge in [0.15, 0.2) is 0 Å². The third-order valence-corrected chi connectivity index (χ3v) is 3.42. The smallest absolute Gasteiger partial charge is 0.203 e. The monoisotopic (exact) mass is 237 g/mol. The molecule has 0 aromatic carbocycles. The van der Waals surface area contributed by atoms with Gasteiger partial charge in [0.05, 0.1) is 5.69 Å². The number of rotatable bonds is 7. The van der Waals surface area contributed by atoms with Gasteiger partial charge in [-0.25, -0.2) is 4.98 Å². The molecule has 0 saturated heterocycles. The first kappa shape index (κ1) is 12.4. The van der Waals surface area contributed by atoms with Crippen molar-refractivity contribution in [1.29, 1.82) is 0 Å². The molecule has 1 N–H and O–H groups in total. The second-order valence-corrected chi connectivity index (χ2v) is 4.92. The third-order valence-electron chi connectivity index (χ3n) is 3.42. The van der Waals surface area contributed by atoms with Gasteiger partial charge in [-0.1, -0.05) is 6.42 Å². The first-order chi connectivity index (χ1) is 8.29. The van der Waals surface area contributed by atoms with Crippen molar-refractivity contribution in [2.75, 3.05) is 25.6 Å². The Bertz CT molecular complexity index is 344. The van der Waals surface area contributed by atoms with Gasteiger partial charge in [0.1, 0.15) is 0 Å². The lowest BCUT2D eigenvalue weighted by Crippen LogP contribution is -2.22. The molecule has 1 aromatic heterocycles. The standard InChI is InChI=1S/C13H23N3O/c1-11-10-16(7-4-8-17-2)13(15-11)14-9-12-5-3-6-12/h10,12H,3-9H2,1-2H3,(H,14,15). The predicted molar refractivity (Wildman–Crippen MR) is 69.3 cm³/mol. The molecule has 1 saturated carbocycles. The summed E-state index contributed by atoms with van der Waals surface area (Å²) in [6, 6.07) is 0. The SMILES string of the molecule is COCCCn1cc(C)nc1NCC1CCC1. The zero-order valence-corrected chi connectivity index (χ0v) is 10.9. The maximum absolute atomic E-state index is 5.08. The molecule has 0 amide bonds. The lowest BCUT2D eigenvalue weighted by Gasteiger charge is -2.25. The summed E-state index contributed by atoms with van der Waals surface area (Å²) < 4.78 is 7.28. The molecule has 17 heavy (non-hydrogen) atoms. The fourth-order valence-electron chi connectivity index (χ4n) is 2.17. The quantitative estimate of drug-likeness (QED) is 0.740. The molecule has 1 aliphatic rings. The Kier molecular flexibility index (Phi) is 4.42. The number of nitrogens with one attached hydrogen (secondary N) is 1. The Morgan fingerprint density at radius 2 is 2.35 bits per heavy atom. The number of ether oxygens (including phenoxy) is 1. The Balaban J connectivity index is 1.85. The first-order valence-corrected chi connectivity index (χ1v) is 6.56. The predicted octanol–water partition coefficient (Wildman–Crippen LogP) is 2.44. The number of anilines is 1. The molecule has 0 aliphatic heterocycles. The molecule has 1 heterocycles. The van der Waals surface area contributed by atoms with E-state index in [1.165, 1.54) is 19.3 Å². The fourth-order valence-corrected chi connectivity index (χ4v) is 2.17. The molecule has 0 bridgehead atoms. The van der Waals surface area contributed by atoms with E-state index in [1.807, 2.05) is 6.92 Å². The summed E-state index contributed by atoms with van der Waals surface area (Å²) >= 11 is 0. The first-order valence-electron chi connectivity index (χ1n) is 6.56. The summed E-state index contributed by atoms with van der Waals surface area (Å²) in [6.07, 6.45) is 7.28. The molecule has 2 rings (SSSR count). The van der Waals surface area contributed by atoms with Crippen LogP contribution in [0.15, 0.2) is 6.20 Å². The normalized spacial score (nSPS) is 15.9. The van der Waals surface area contributed by atoms with Crippen LogP contribution in [0.4, 0.5) is 5.95 Å². The number of methoxy groups -OCH3 is 1. The zero-order chi connectivity index (χ0) is 12.1. The average Bonchev–Trinajstić information content (AvgIpc) is 2.57. The van der Waals surface area contributed by atoms with Crippen LogP contribution in [0.25, 0.3) is 0 Å². The van der Waals surface area contributed by atoms with Crippen molar-refractivity contribution in [3.63, 3.8) is 0 Å². The van der Waals surface area contributed by atoms with Gasteiger partial charge in [-0.3, -0.25) is 0 Å². The number of aryl methyl sites for hydroxylation is 2. The summed E-state index contributed by atoms with van der Waals surface area (Å²) in [5.41, 5.74) is 1.08. The molecular weight excluding hydrogens is 214 g/mol. The molecular formula is C13H23N3O. The number of hydrogen-bond donors (Lipinski definition) is 1. The van der Waals surface area contributed by atoms with E-state index in [0.29, 0.717) is 0 Å². The van der Waals surface area contributed by atoms with E-state index in [1.54, 1.807) is 7.11 Å². The van der Waals surface area contributed by atoms with Crippen molar-refractivity contribution in [3.05, 3.63) is 11.9 Å². The summed E-state index contributed by atoms with van der Waals surface area (Å²) in [5.74, 6) is 1.88. The molecule has 1 aromatic rings. The van der Waals surface area contributed by atoms with Gasteiger partial charge in [-0.05, 0) is 32.1 Å². The van der Waals surface area contributed by atoms with Crippen LogP contribution in [0.3, 0.4) is 0 Å². The van der Waals surface area contributed by atoms with E-state index < -0.39 is 0 Å². The number of hydrogen-bond acceptors (Lipinski definition) is 3. The average molecular weight is 237 g/mol. The molecule has 1 aliphatic carbocycles. The van der Waals surface area contributed by atoms with Crippen LogP contribution in [0.1, 0.15) is 31.4 Å². The van der Waals surface area contributed by atoms with Crippen molar-refractivity contribution in [2.24, 2.45) is 5.92 Å². The van der Waals surface area contributed by atoms with Crippen LogP contribution in [0.2, 0.25) is 0 Å². The van der Waals surface area contributed by atoms with E-state index in [2.05, 4.69) is 21.1 Å². The van der Waals surface area contributed by atoms with Gasteiger partial charge in [0.25, 0.3) is 0 Å². The Morgan fingerprint density at radius 3 is 3.00 bits per heavy atom. The minimum Gasteiger partial charge on any atom is -0.385 e. The highest BCUT2D eigenvalue weighted by atomic mass is 16.5. The topological polar surface area (TPSA) is 39.1 Å². The minimum absolute atomic E-state index is 0.805. The number of aromatic nitrogens is 2. The van der Waals surface area contributed by atoms with Crippen LogP contribution in [-0.2, 0) is 11.3 Å². The van der Waals surface area contributed by atoms with E-state index in [0.717, 1.165) is 43.7 Å². The highest BCUT2D eigenvalue weighted by Gasteiger charge is 2.17. The van der Waals surface area contributed by atoms with E-state index in [-0.39, 0.29) is 0 Å². The lowest BCUT2D eigenvalue weighted by molar-refractivity contribution is 0.190. The minimum atomic E-state index is 0.805. The van der Waals surface area contributed by atoms with Gasteiger partial charge in [-0.15, -0.1) is 0 Å². The highest BCUT2D eigenvalue weighted by molar-refractivity contribution is 5.28.